The van der Waals surface area contributed by atoms with E-state index >= 15 is 0 Å². The van der Waals surface area contributed by atoms with E-state index in [1.165, 1.54) is 0 Å². The number of rotatable bonds is 1. The molecule has 0 bridgehead atoms. The zero-order valence-electron chi connectivity index (χ0n) is 13.5. The smallest absolute Gasteiger partial charge is 0.410 e. The van der Waals surface area contributed by atoms with E-state index in [1.54, 1.807) is 4.90 Å². The summed E-state index contributed by atoms with van der Waals surface area (Å²) in [5.74, 6) is -0.579. The van der Waals surface area contributed by atoms with Gasteiger partial charge in [0.25, 0.3) is 0 Å². The fraction of sp³-hybridized carbons (Fsp3) is 0.933. The highest BCUT2D eigenvalue weighted by atomic mass is 16.8. The van der Waals surface area contributed by atoms with E-state index in [0.29, 0.717) is 13.1 Å². The summed E-state index contributed by atoms with van der Waals surface area (Å²) < 4.78 is 17.5. The van der Waals surface area contributed by atoms with E-state index in [2.05, 4.69) is 6.92 Å². The molecule has 116 valence electrons. The molecule has 0 radical (unpaired) electrons. The number of likely N-dealkylation sites (tertiary alicyclic amines) is 1. The standard InChI is InChI=1S/C15H27NO4/c1-7-15-8-9-16(12(17)19-13(2,3)4)10-11(15)18-14(5,6)20-15/h11H,7-10H2,1-6H3/t11-,15+/m1/s1. The molecule has 0 aromatic rings. The van der Waals surface area contributed by atoms with Crippen LogP contribution in [-0.2, 0) is 14.2 Å². The van der Waals surface area contributed by atoms with E-state index in [-0.39, 0.29) is 17.8 Å². The van der Waals surface area contributed by atoms with Crippen LogP contribution in [0.3, 0.4) is 0 Å². The molecule has 0 spiro atoms. The van der Waals surface area contributed by atoms with Crippen molar-refractivity contribution in [3.05, 3.63) is 0 Å². The van der Waals surface area contributed by atoms with Crippen LogP contribution in [0.15, 0.2) is 0 Å². The highest BCUT2D eigenvalue weighted by molar-refractivity contribution is 5.68. The van der Waals surface area contributed by atoms with Gasteiger partial charge in [-0.1, -0.05) is 6.92 Å². The molecule has 1 amide bonds. The molecule has 0 N–H and O–H groups in total. The lowest BCUT2D eigenvalue weighted by Gasteiger charge is -2.41. The van der Waals surface area contributed by atoms with Crippen LogP contribution in [0.1, 0.15) is 54.4 Å². The second-order valence-electron chi connectivity index (χ2n) is 7.20. The van der Waals surface area contributed by atoms with Crippen LogP contribution in [0.2, 0.25) is 0 Å². The van der Waals surface area contributed by atoms with Crippen molar-refractivity contribution in [3.63, 3.8) is 0 Å². The number of piperidine rings is 1. The van der Waals surface area contributed by atoms with Crippen LogP contribution in [0.4, 0.5) is 4.79 Å². The minimum Gasteiger partial charge on any atom is -0.444 e. The molecule has 20 heavy (non-hydrogen) atoms. The topological polar surface area (TPSA) is 48.0 Å². The summed E-state index contributed by atoms with van der Waals surface area (Å²) in [6.07, 6.45) is 1.33. The van der Waals surface area contributed by atoms with E-state index in [9.17, 15) is 4.79 Å². The van der Waals surface area contributed by atoms with Gasteiger partial charge >= 0.3 is 6.09 Å². The average molecular weight is 285 g/mol. The van der Waals surface area contributed by atoms with Crippen molar-refractivity contribution in [3.8, 4) is 0 Å². The van der Waals surface area contributed by atoms with Gasteiger partial charge < -0.3 is 19.1 Å². The minimum atomic E-state index is -0.579. The van der Waals surface area contributed by atoms with Crippen LogP contribution in [0.5, 0.6) is 0 Å². The van der Waals surface area contributed by atoms with Crippen molar-refractivity contribution in [2.45, 2.75) is 77.5 Å². The van der Waals surface area contributed by atoms with Crippen LogP contribution in [0, 0.1) is 0 Å². The van der Waals surface area contributed by atoms with Crippen molar-refractivity contribution in [1.29, 1.82) is 0 Å². The van der Waals surface area contributed by atoms with Crippen molar-refractivity contribution in [2.75, 3.05) is 13.1 Å². The van der Waals surface area contributed by atoms with E-state index in [1.807, 2.05) is 34.6 Å². The number of hydrogen-bond acceptors (Lipinski definition) is 4. The molecule has 2 rings (SSSR count). The first kappa shape index (κ1) is 15.6. The first-order chi connectivity index (χ1) is 9.07. The SMILES string of the molecule is CC[C@]12CCN(C(=O)OC(C)(C)C)C[C@H]1OC(C)(C)O2. The van der Waals surface area contributed by atoms with Gasteiger partial charge in [-0.15, -0.1) is 0 Å². The third-order valence-corrected chi connectivity index (χ3v) is 3.90. The minimum absolute atomic E-state index is 0.0798. The summed E-state index contributed by atoms with van der Waals surface area (Å²) in [6, 6.07) is 0. The summed E-state index contributed by atoms with van der Waals surface area (Å²) >= 11 is 0. The normalized spacial score (nSPS) is 32.9. The lowest BCUT2D eigenvalue weighted by atomic mass is 9.86. The molecule has 2 heterocycles. The second kappa shape index (κ2) is 4.88. The Bertz CT molecular complexity index is 388. The lowest BCUT2D eigenvalue weighted by Crippen LogP contribution is -2.55. The molecule has 2 atom stereocenters. The highest BCUT2D eigenvalue weighted by Gasteiger charge is 2.55. The Balaban J connectivity index is 2.06. The Morgan fingerprint density at radius 2 is 2.05 bits per heavy atom. The molecule has 2 fully saturated rings. The fourth-order valence-corrected chi connectivity index (χ4v) is 3.03. The molecule has 0 aliphatic carbocycles. The molecule has 0 unspecified atom stereocenters. The molecule has 2 aliphatic rings. The van der Waals surface area contributed by atoms with Gasteiger partial charge in [0.1, 0.15) is 17.3 Å². The van der Waals surface area contributed by atoms with Gasteiger partial charge in [0, 0.05) is 6.54 Å². The number of amides is 1. The number of fused-ring (bicyclic) bond motifs is 1. The van der Waals surface area contributed by atoms with Gasteiger partial charge in [-0.3, -0.25) is 0 Å². The average Bonchev–Trinajstić information content (AvgIpc) is 2.56. The monoisotopic (exact) mass is 285 g/mol. The zero-order valence-corrected chi connectivity index (χ0v) is 13.5. The summed E-state index contributed by atoms with van der Waals surface area (Å²) in [4.78, 5) is 13.9. The summed E-state index contributed by atoms with van der Waals surface area (Å²) in [5.41, 5.74) is -0.731. The van der Waals surface area contributed by atoms with Gasteiger partial charge in [-0.2, -0.15) is 0 Å². The Hall–Kier alpha value is -0.810. The van der Waals surface area contributed by atoms with Crippen molar-refractivity contribution in [2.24, 2.45) is 0 Å². The maximum Gasteiger partial charge on any atom is 0.410 e. The maximum atomic E-state index is 12.2. The molecule has 0 aromatic heterocycles. The lowest BCUT2D eigenvalue weighted by molar-refractivity contribution is -0.163. The summed E-state index contributed by atoms with van der Waals surface area (Å²) in [7, 11) is 0. The van der Waals surface area contributed by atoms with Crippen LogP contribution in [-0.4, -0.2) is 47.2 Å². The van der Waals surface area contributed by atoms with Crippen molar-refractivity contribution in [1.82, 2.24) is 4.90 Å². The van der Waals surface area contributed by atoms with Crippen molar-refractivity contribution >= 4 is 6.09 Å². The van der Waals surface area contributed by atoms with E-state index in [0.717, 1.165) is 12.8 Å². The number of carbonyl (C=O) groups excluding carboxylic acids is 1. The maximum absolute atomic E-state index is 12.2. The van der Waals surface area contributed by atoms with Crippen molar-refractivity contribution < 1.29 is 19.0 Å². The van der Waals surface area contributed by atoms with Crippen LogP contribution in [0.25, 0.3) is 0 Å². The number of carbonyl (C=O) groups is 1. The summed E-state index contributed by atoms with van der Waals surface area (Å²) in [5, 5.41) is 0. The third-order valence-electron chi connectivity index (χ3n) is 3.90. The highest BCUT2D eigenvalue weighted by Crippen LogP contribution is 2.43. The van der Waals surface area contributed by atoms with Crippen LogP contribution >= 0.6 is 0 Å². The zero-order chi connectivity index (χ0) is 15.2. The van der Waals surface area contributed by atoms with E-state index < -0.39 is 11.4 Å². The molecule has 5 nitrogen and oxygen atoms in total. The molecular formula is C15H27NO4. The third kappa shape index (κ3) is 3.09. The fourth-order valence-electron chi connectivity index (χ4n) is 3.03. The Morgan fingerprint density at radius 3 is 2.60 bits per heavy atom. The van der Waals surface area contributed by atoms with Gasteiger partial charge in [-0.25, -0.2) is 4.79 Å². The number of hydrogen-bond donors (Lipinski definition) is 0. The van der Waals surface area contributed by atoms with Gasteiger partial charge in [-0.05, 0) is 47.5 Å². The van der Waals surface area contributed by atoms with Gasteiger partial charge in [0.05, 0.1) is 6.54 Å². The molecule has 5 heteroatoms. The first-order valence-electron chi connectivity index (χ1n) is 7.43. The Labute approximate surface area is 121 Å². The number of ether oxygens (including phenoxy) is 3. The van der Waals surface area contributed by atoms with E-state index in [4.69, 9.17) is 14.2 Å². The Morgan fingerprint density at radius 1 is 1.40 bits per heavy atom. The molecule has 0 saturated carbocycles. The van der Waals surface area contributed by atoms with Gasteiger partial charge in [0.15, 0.2) is 5.79 Å². The predicted octanol–water partition coefficient (Wildman–Crippen LogP) is 2.93. The molecular weight excluding hydrogens is 258 g/mol. The quantitative estimate of drug-likeness (QED) is 0.743. The molecule has 2 aliphatic heterocycles. The predicted molar refractivity (Wildman–Crippen MR) is 75.5 cm³/mol. The van der Waals surface area contributed by atoms with Crippen LogP contribution < -0.4 is 0 Å². The molecule has 0 aromatic carbocycles. The van der Waals surface area contributed by atoms with Gasteiger partial charge in [0.2, 0.25) is 0 Å². The second-order valence-corrected chi connectivity index (χ2v) is 7.20. The first-order valence-corrected chi connectivity index (χ1v) is 7.43. The summed E-state index contributed by atoms with van der Waals surface area (Å²) in [6.45, 7) is 12.8. The number of nitrogens with zero attached hydrogens (tertiary/aromatic N) is 1. The Kier molecular flexibility index (Phi) is 3.80. The largest absolute Gasteiger partial charge is 0.444 e. The molecule has 2 saturated heterocycles.